The number of carbonyl (C=O) groups excluding carboxylic acids is 1. The van der Waals surface area contributed by atoms with Crippen molar-refractivity contribution in [2.24, 2.45) is 5.73 Å². The van der Waals surface area contributed by atoms with Crippen LogP contribution in [0, 0.1) is 0 Å². The van der Waals surface area contributed by atoms with Crippen LogP contribution in [0.1, 0.15) is 61.3 Å². The fourth-order valence-electron chi connectivity index (χ4n) is 4.17. The van der Waals surface area contributed by atoms with E-state index < -0.39 is 5.54 Å². The van der Waals surface area contributed by atoms with E-state index in [4.69, 9.17) is 15.0 Å². The minimum absolute atomic E-state index is 0.0684. The van der Waals surface area contributed by atoms with E-state index in [-0.39, 0.29) is 17.9 Å². The molecule has 26 heavy (non-hydrogen) atoms. The van der Waals surface area contributed by atoms with Gasteiger partial charge in [0.1, 0.15) is 5.75 Å². The number of carbonyl (C=O) groups is 1. The summed E-state index contributed by atoms with van der Waals surface area (Å²) in [5, 5.41) is 4.16. The number of likely N-dealkylation sites (tertiary alicyclic amines) is 1. The highest BCUT2D eigenvalue weighted by Gasteiger charge is 2.44. The Balaban J connectivity index is 1.65. The first-order valence-corrected chi connectivity index (χ1v) is 9.04. The Hall–Kier alpha value is -2.41. The van der Waals surface area contributed by atoms with Crippen LogP contribution < -0.4 is 10.5 Å². The molecule has 2 N–H and O–H groups in total. The van der Waals surface area contributed by atoms with Crippen LogP contribution in [0.15, 0.2) is 28.8 Å². The van der Waals surface area contributed by atoms with E-state index in [1.54, 1.807) is 12.0 Å². The van der Waals surface area contributed by atoms with Crippen LogP contribution in [-0.2, 0) is 10.3 Å². The van der Waals surface area contributed by atoms with Gasteiger partial charge in [-0.1, -0.05) is 30.1 Å². The van der Waals surface area contributed by atoms with Crippen LogP contribution in [0.3, 0.4) is 0 Å². The third-order valence-corrected chi connectivity index (χ3v) is 5.74. The summed E-state index contributed by atoms with van der Waals surface area (Å²) in [5.41, 5.74) is 6.97. The van der Waals surface area contributed by atoms with Crippen LogP contribution in [0.25, 0.3) is 0 Å². The maximum absolute atomic E-state index is 12.4. The number of hydrogen-bond acceptors (Lipinski definition) is 6. The number of likely N-dealkylation sites (N-methyl/N-ethyl adjacent to an activating group) is 1. The number of hydrogen-bond donors (Lipinski definition) is 1. The Bertz CT molecular complexity index is 795. The van der Waals surface area contributed by atoms with Gasteiger partial charge in [-0.25, -0.2) is 0 Å². The standard InChI is InChI=1S/C19H24N4O3/c1-23-15(24)11-14(16(23)12-5-7-13(25-2)8-6-12)17-21-18(22-26-17)19(20)9-3-4-10-19/h5-8,14,16H,3-4,9-11,20H2,1-2H3. The van der Waals surface area contributed by atoms with E-state index in [2.05, 4.69) is 10.1 Å². The van der Waals surface area contributed by atoms with Crippen molar-refractivity contribution in [2.75, 3.05) is 14.2 Å². The minimum Gasteiger partial charge on any atom is -0.497 e. The van der Waals surface area contributed by atoms with Gasteiger partial charge < -0.3 is 19.9 Å². The van der Waals surface area contributed by atoms with E-state index in [0.717, 1.165) is 37.0 Å². The summed E-state index contributed by atoms with van der Waals surface area (Å²) in [4.78, 5) is 18.7. The van der Waals surface area contributed by atoms with Crippen LogP contribution >= 0.6 is 0 Å². The Morgan fingerprint density at radius 3 is 2.62 bits per heavy atom. The van der Waals surface area contributed by atoms with Gasteiger partial charge in [-0.3, -0.25) is 4.79 Å². The predicted octanol–water partition coefficient (Wildman–Crippen LogP) is 2.49. The lowest BCUT2D eigenvalue weighted by Crippen LogP contribution is -2.34. The lowest BCUT2D eigenvalue weighted by atomic mass is 9.93. The maximum atomic E-state index is 12.4. The first kappa shape index (κ1) is 17.0. The normalized spacial score (nSPS) is 25.0. The molecular weight excluding hydrogens is 332 g/mol. The first-order valence-electron chi connectivity index (χ1n) is 9.04. The van der Waals surface area contributed by atoms with Gasteiger partial charge in [-0.15, -0.1) is 0 Å². The minimum atomic E-state index is -0.494. The predicted molar refractivity (Wildman–Crippen MR) is 94.5 cm³/mol. The molecule has 1 aliphatic carbocycles. The topological polar surface area (TPSA) is 94.5 Å². The summed E-state index contributed by atoms with van der Waals surface area (Å²) in [6, 6.07) is 7.61. The molecule has 4 rings (SSSR count). The average Bonchev–Trinajstić information content (AvgIpc) is 3.36. The molecule has 1 aliphatic heterocycles. The second-order valence-corrected chi connectivity index (χ2v) is 7.35. The highest BCUT2D eigenvalue weighted by atomic mass is 16.5. The second-order valence-electron chi connectivity index (χ2n) is 7.35. The van der Waals surface area contributed by atoms with Gasteiger partial charge in [0.25, 0.3) is 0 Å². The number of methoxy groups -OCH3 is 1. The molecule has 0 spiro atoms. The number of nitrogens with zero attached hydrogens (tertiary/aromatic N) is 3. The molecule has 7 heteroatoms. The number of ether oxygens (including phenoxy) is 1. The Morgan fingerprint density at radius 2 is 1.96 bits per heavy atom. The van der Waals surface area contributed by atoms with Gasteiger partial charge in [0, 0.05) is 13.5 Å². The molecular formula is C19H24N4O3. The van der Waals surface area contributed by atoms with Crippen LogP contribution in [-0.4, -0.2) is 35.1 Å². The van der Waals surface area contributed by atoms with Gasteiger partial charge in [0.05, 0.1) is 24.6 Å². The molecule has 1 aromatic carbocycles. The van der Waals surface area contributed by atoms with E-state index >= 15 is 0 Å². The molecule has 2 fully saturated rings. The zero-order chi connectivity index (χ0) is 18.3. The summed E-state index contributed by atoms with van der Waals surface area (Å²) in [7, 11) is 3.45. The van der Waals surface area contributed by atoms with Crippen molar-refractivity contribution in [1.29, 1.82) is 0 Å². The fourth-order valence-corrected chi connectivity index (χ4v) is 4.17. The third kappa shape index (κ3) is 2.76. The van der Waals surface area contributed by atoms with Crippen molar-refractivity contribution in [1.82, 2.24) is 15.0 Å². The number of aromatic nitrogens is 2. The van der Waals surface area contributed by atoms with Crippen LogP contribution in [0.4, 0.5) is 0 Å². The monoisotopic (exact) mass is 356 g/mol. The molecule has 0 radical (unpaired) electrons. The van der Waals surface area contributed by atoms with E-state index in [1.807, 2.05) is 31.3 Å². The van der Waals surface area contributed by atoms with Crippen LogP contribution in [0.5, 0.6) is 5.75 Å². The molecule has 138 valence electrons. The smallest absolute Gasteiger partial charge is 0.232 e. The molecule has 1 saturated carbocycles. The number of amides is 1. The molecule has 2 aromatic rings. The zero-order valence-corrected chi connectivity index (χ0v) is 15.1. The lowest BCUT2D eigenvalue weighted by Gasteiger charge is -2.24. The molecule has 7 nitrogen and oxygen atoms in total. The van der Waals surface area contributed by atoms with E-state index in [1.165, 1.54) is 0 Å². The molecule has 1 saturated heterocycles. The number of benzene rings is 1. The average molecular weight is 356 g/mol. The summed E-state index contributed by atoms with van der Waals surface area (Å²) in [6.07, 6.45) is 4.26. The van der Waals surface area contributed by atoms with E-state index in [0.29, 0.717) is 18.1 Å². The van der Waals surface area contributed by atoms with Crippen molar-refractivity contribution < 1.29 is 14.1 Å². The second kappa shape index (κ2) is 6.39. The molecule has 2 heterocycles. The molecule has 1 amide bonds. The molecule has 2 atom stereocenters. The summed E-state index contributed by atoms with van der Waals surface area (Å²) in [6.45, 7) is 0. The summed E-state index contributed by atoms with van der Waals surface area (Å²) >= 11 is 0. The van der Waals surface area contributed by atoms with Gasteiger partial charge in [-0.05, 0) is 30.5 Å². The van der Waals surface area contributed by atoms with Gasteiger partial charge in [0.2, 0.25) is 11.8 Å². The molecule has 2 unspecified atom stereocenters. The largest absolute Gasteiger partial charge is 0.497 e. The van der Waals surface area contributed by atoms with Crippen LogP contribution in [0.2, 0.25) is 0 Å². The number of nitrogens with two attached hydrogens (primary N) is 1. The third-order valence-electron chi connectivity index (χ3n) is 5.74. The SMILES string of the molecule is COc1ccc(C2C(c3nc(C4(N)CCCC4)no3)CC(=O)N2C)cc1. The molecule has 2 aliphatic rings. The Labute approximate surface area is 152 Å². The Morgan fingerprint density at radius 1 is 1.27 bits per heavy atom. The van der Waals surface area contributed by atoms with Crippen molar-refractivity contribution in [3.8, 4) is 5.75 Å². The van der Waals surface area contributed by atoms with Gasteiger partial charge in [0.15, 0.2) is 5.82 Å². The first-order chi connectivity index (χ1) is 12.5. The summed E-state index contributed by atoms with van der Waals surface area (Å²) < 4.78 is 10.8. The van der Waals surface area contributed by atoms with Crippen molar-refractivity contribution in [2.45, 2.75) is 49.6 Å². The van der Waals surface area contributed by atoms with Gasteiger partial charge in [-0.2, -0.15) is 4.98 Å². The molecule has 1 aromatic heterocycles. The van der Waals surface area contributed by atoms with Gasteiger partial charge >= 0.3 is 0 Å². The highest BCUT2D eigenvalue weighted by Crippen LogP contribution is 2.44. The quantitative estimate of drug-likeness (QED) is 0.904. The fraction of sp³-hybridized carbons (Fsp3) is 0.526. The van der Waals surface area contributed by atoms with Crippen molar-refractivity contribution >= 4 is 5.91 Å². The van der Waals surface area contributed by atoms with Crippen molar-refractivity contribution in [3.63, 3.8) is 0 Å². The lowest BCUT2D eigenvalue weighted by molar-refractivity contribution is -0.127. The zero-order valence-electron chi connectivity index (χ0n) is 15.1. The summed E-state index contributed by atoms with van der Waals surface area (Å²) in [5.74, 6) is 1.74. The number of rotatable bonds is 4. The van der Waals surface area contributed by atoms with Crippen molar-refractivity contribution in [3.05, 3.63) is 41.5 Å². The molecule has 0 bridgehead atoms. The maximum Gasteiger partial charge on any atom is 0.232 e. The van der Waals surface area contributed by atoms with E-state index in [9.17, 15) is 4.79 Å². The Kier molecular flexibility index (Phi) is 4.19. The highest BCUT2D eigenvalue weighted by molar-refractivity contribution is 5.80.